The Bertz CT molecular complexity index is 1030. The molecular weight excluding hydrogens is 366 g/mol. The molecule has 1 saturated carbocycles. The third-order valence-corrected chi connectivity index (χ3v) is 6.80. The molecule has 2 aliphatic heterocycles. The van der Waals surface area contributed by atoms with Gasteiger partial charge in [-0.2, -0.15) is 0 Å². The van der Waals surface area contributed by atoms with Crippen LogP contribution in [0.4, 0.5) is 0 Å². The summed E-state index contributed by atoms with van der Waals surface area (Å²) >= 11 is 0. The fraction of sp³-hybridized carbons (Fsp3) is 0.435. The lowest BCUT2D eigenvalue weighted by molar-refractivity contribution is -0.136. The van der Waals surface area contributed by atoms with Gasteiger partial charge >= 0.3 is 0 Å². The quantitative estimate of drug-likeness (QED) is 0.872. The van der Waals surface area contributed by atoms with Crippen molar-refractivity contribution in [1.82, 2.24) is 14.8 Å². The van der Waals surface area contributed by atoms with E-state index >= 15 is 0 Å². The van der Waals surface area contributed by atoms with Gasteiger partial charge in [-0.05, 0) is 30.9 Å². The molecule has 3 aliphatic rings. The van der Waals surface area contributed by atoms with Gasteiger partial charge in [-0.3, -0.25) is 19.0 Å². The number of likely N-dealkylation sites (tertiary alicyclic amines) is 1. The number of benzene rings is 1. The number of carbonyl (C=O) groups excluding carboxylic acids is 2. The van der Waals surface area contributed by atoms with E-state index in [-0.39, 0.29) is 34.7 Å². The van der Waals surface area contributed by atoms with Gasteiger partial charge in [0, 0.05) is 43.6 Å². The van der Waals surface area contributed by atoms with Crippen LogP contribution in [-0.4, -0.2) is 34.4 Å². The maximum absolute atomic E-state index is 13.5. The Morgan fingerprint density at radius 3 is 2.48 bits per heavy atom. The molecule has 1 aromatic carbocycles. The van der Waals surface area contributed by atoms with E-state index in [1.807, 2.05) is 41.3 Å². The third-order valence-electron chi connectivity index (χ3n) is 6.80. The highest BCUT2D eigenvalue weighted by Gasteiger charge is 2.50. The van der Waals surface area contributed by atoms with Gasteiger partial charge < -0.3 is 10.2 Å². The number of amides is 2. The van der Waals surface area contributed by atoms with Crippen molar-refractivity contribution >= 4 is 11.8 Å². The highest BCUT2D eigenvalue weighted by atomic mass is 16.2. The summed E-state index contributed by atoms with van der Waals surface area (Å²) in [6.07, 6.45) is 2.63. The Morgan fingerprint density at radius 1 is 1.03 bits per heavy atom. The summed E-state index contributed by atoms with van der Waals surface area (Å²) in [5.74, 6) is -0.0558. The van der Waals surface area contributed by atoms with Crippen molar-refractivity contribution < 1.29 is 9.59 Å². The van der Waals surface area contributed by atoms with Crippen molar-refractivity contribution in [2.45, 2.75) is 43.7 Å². The highest BCUT2D eigenvalue weighted by molar-refractivity contribution is 5.83. The normalized spacial score (nSPS) is 26.4. The van der Waals surface area contributed by atoms with Gasteiger partial charge in [0.2, 0.25) is 11.8 Å². The number of piperidine rings is 1. The number of pyridine rings is 1. The topological polar surface area (TPSA) is 71.4 Å². The lowest BCUT2D eigenvalue weighted by Crippen LogP contribution is -2.55. The monoisotopic (exact) mass is 391 g/mol. The molecule has 6 nitrogen and oxygen atoms in total. The van der Waals surface area contributed by atoms with Crippen LogP contribution in [0.25, 0.3) is 0 Å². The molecule has 150 valence electrons. The minimum Gasteiger partial charge on any atom is -0.345 e. The van der Waals surface area contributed by atoms with Crippen molar-refractivity contribution in [2.24, 2.45) is 5.92 Å². The molecule has 5 rings (SSSR count). The predicted octanol–water partition coefficient (Wildman–Crippen LogP) is 2.16. The van der Waals surface area contributed by atoms with Crippen LogP contribution in [0.15, 0.2) is 53.3 Å². The lowest BCUT2D eigenvalue weighted by Gasteiger charge is -2.46. The molecular formula is C23H25N3O3. The molecule has 0 unspecified atom stereocenters. The van der Waals surface area contributed by atoms with Gasteiger partial charge in [0.15, 0.2) is 0 Å². The average molecular weight is 391 g/mol. The molecule has 2 bridgehead atoms. The van der Waals surface area contributed by atoms with Crippen LogP contribution in [0.5, 0.6) is 0 Å². The molecule has 1 N–H and O–H groups in total. The van der Waals surface area contributed by atoms with Gasteiger partial charge in [0.1, 0.15) is 6.04 Å². The number of carbonyl (C=O) groups is 2. The van der Waals surface area contributed by atoms with Gasteiger partial charge in [0.05, 0.1) is 5.54 Å². The summed E-state index contributed by atoms with van der Waals surface area (Å²) in [6.45, 7) is 2.70. The first-order valence-corrected chi connectivity index (χ1v) is 10.3. The fourth-order valence-corrected chi connectivity index (χ4v) is 5.21. The molecule has 0 radical (unpaired) electrons. The van der Waals surface area contributed by atoms with Crippen molar-refractivity contribution in [3.8, 4) is 0 Å². The van der Waals surface area contributed by atoms with E-state index in [1.54, 1.807) is 17.6 Å². The van der Waals surface area contributed by atoms with E-state index in [4.69, 9.17) is 0 Å². The minimum absolute atomic E-state index is 0.0218. The molecule has 3 atom stereocenters. The molecule has 1 aliphatic carbocycles. The number of fused-ring (bicyclic) bond motifs is 4. The minimum atomic E-state index is -0.585. The first-order valence-electron chi connectivity index (χ1n) is 10.3. The standard InChI is InChI=1S/C23H25N3O3/c1-15(27)25-13-16-12-17(14-25)21(26-19(16)8-5-9-20(26)28)22(29)24-23(10-11-23)18-6-3-2-4-7-18/h2-9,16-17,21H,10-14H2,1H3,(H,24,29)/t16-,17+,21-/m1/s1. The van der Waals surface area contributed by atoms with E-state index < -0.39 is 6.04 Å². The van der Waals surface area contributed by atoms with Crippen molar-refractivity contribution in [1.29, 1.82) is 0 Å². The largest absolute Gasteiger partial charge is 0.345 e. The molecule has 2 fully saturated rings. The first-order chi connectivity index (χ1) is 14.0. The SMILES string of the molecule is CC(=O)N1C[C@H]2C[C@@H](C1)[C@H](C(=O)NC1(c3ccccc3)CC1)n1c2cccc1=O. The molecule has 3 heterocycles. The Morgan fingerprint density at radius 2 is 1.79 bits per heavy atom. The zero-order chi connectivity index (χ0) is 20.2. The van der Waals surface area contributed by atoms with Gasteiger partial charge in [-0.15, -0.1) is 0 Å². The number of rotatable bonds is 3. The van der Waals surface area contributed by atoms with Crippen LogP contribution in [0.3, 0.4) is 0 Å². The van der Waals surface area contributed by atoms with Crippen LogP contribution in [0, 0.1) is 5.92 Å². The smallest absolute Gasteiger partial charge is 0.251 e. The number of nitrogens with zero attached hydrogens (tertiary/aromatic N) is 2. The second-order valence-corrected chi connectivity index (χ2v) is 8.66. The average Bonchev–Trinajstić information content (AvgIpc) is 3.50. The van der Waals surface area contributed by atoms with Crippen LogP contribution >= 0.6 is 0 Å². The van der Waals surface area contributed by atoms with Crippen molar-refractivity contribution in [2.75, 3.05) is 13.1 Å². The van der Waals surface area contributed by atoms with E-state index in [2.05, 4.69) is 5.32 Å². The van der Waals surface area contributed by atoms with Crippen LogP contribution in [0.1, 0.15) is 49.4 Å². The summed E-state index contributed by atoms with van der Waals surface area (Å²) in [6, 6.07) is 14.6. The Labute approximate surface area is 169 Å². The molecule has 29 heavy (non-hydrogen) atoms. The summed E-state index contributed by atoms with van der Waals surface area (Å²) in [5, 5.41) is 3.27. The zero-order valence-electron chi connectivity index (χ0n) is 16.5. The summed E-state index contributed by atoms with van der Waals surface area (Å²) in [4.78, 5) is 40.2. The van der Waals surface area contributed by atoms with E-state index in [9.17, 15) is 14.4 Å². The van der Waals surface area contributed by atoms with Gasteiger partial charge in [-0.1, -0.05) is 36.4 Å². The van der Waals surface area contributed by atoms with Crippen molar-refractivity contribution in [3.05, 3.63) is 70.1 Å². The molecule has 0 spiro atoms. The molecule has 2 aromatic rings. The number of hydrogen-bond acceptors (Lipinski definition) is 3. The summed E-state index contributed by atoms with van der Waals surface area (Å²) in [5.41, 5.74) is 1.50. The molecule has 6 heteroatoms. The Kier molecular flexibility index (Phi) is 4.12. The number of hydrogen-bond donors (Lipinski definition) is 1. The second-order valence-electron chi connectivity index (χ2n) is 8.66. The fourth-order valence-electron chi connectivity index (χ4n) is 5.21. The van der Waals surface area contributed by atoms with Gasteiger partial charge in [0.25, 0.3) is 5.56 Å². The van der Waals surface area contributed by atoms with E-state index in [0.29, 0.717) is 13.1 Å². The predicted molar refractivity (Wildman–Crippen MR) is 108 cm³/mol. The van der Waals surface area contributed by atoms with Crippen LogP contribution in [-0.2, 0) is 15.1 Å². The van der Waals surface area contributed by atoms with Crippen LogP contribution in [0.2, 0.25) is 0 Å². The van der Waals surface area contributed by atoms with E-state index in [1.165, 1.54) is 6.07 Å². The summed E-state index contributed by atoms with van der Waals surface area (Å²) in [7, 11) is 0. The number of aromatic nitrogens is 1. The van der Waals surface area contributed by atoms with E-state index in [0.717, 1.165) is 30.5 Å². The summed E-state index contributed by atoms with van der Waals surface area (Å²) < 4.78 is 1.69. The first kappa shape index (κ1) is 18.2. The molecule has 1 aromatic heterocycles. The number of nitrogens with one attached hydrogen (secondary N) is 1. The van der Waals surface area contributed by atoms with Gasteiger partial charge in [-0.25, -0.2) is 0 Å². The van der Waals surface area contributed by atoms with Crippen LogP contribution < -0.4 is 10.9 Å². The second kappa shape index (κ2) is 6.58. The molecule has 2 amide bonds. The lowest BCUT2D eigenvalue weighted by atomic mass is 9.78. The third kappa shape index (κ3) is 2.98. The highest BCUT2D eigenvalue weighted by Crippen LogP contribution is 2.47. The Balaban J connectivity index is 1.52. The molecule has 1 saturated heterocycles. The maximum Gasteiger partial charge on any atom is 0.251 e. The zero-order valence-corrected chi connectivity index (χ0v) is 16.5. The van der Waals surface area contributed by atoms with Crippen molar-refractivity contribution in [3.63, 3.8) is 0 Å². The Hall–Kier alpha value is -2.89. The maximum atomic E-state index is 13.5.